The van der Waals surface area contributed by atoms with Gasteiger partial charge in [0.25, 0.3) is 5.91 Å². The van der Waals surface area contributed by atoms with E-state index in [2.05, 4.69) is 10.5 Å². The van der Waals surface area contributed by atoms with Crippen LogP contribution in [0.25, 0.3) is 10.6 Å². The molecule has 112 valence electrons. The second kappa shape index (κ2) is 7.58. The van der Waals surface area contributed by atoms with E-state index in [-0.39, 0.29) is 18.0 Å². The Kier molecular flexibility index (Phi) is 5.51. The molecule has 2 heterocycles. The van der Waals surface area contributed by atoms with Gasteiger partial charge < -0.3 is 14.9 Å². The number of hydrogen-bond acceptors (Lipinski definition) is 5. The van der Waals surface area contributed by atoms with E-state index in [9.17, 15) is 9.59 Å². The lowest BCUT2D eigenvalue weighted by Gasteiger charge is -2.01. The number of aromatic nitrogens is 1. The molecule has 6 nitrogen and oxygen atoms in total. The van der Waals surface area contributed by atoms with E-state index in [1.807, 2.05) is 17.5 Å². The monoisotopic (exact) mass is 308 g/mol. The van der Waals surface area contributed by atoms with Crippen LogP contribution in [-0.2, 0) is 4.79 Å². The van der Waals surface area contributed by atoms with Crippen molar-refractivity contribution in [3.05, 3.63) is 29.3 Å². The van der Waals surface area contributed by atoms with Crippen molar-refractivity contribution in [2.75, 3.05) is 6.54 Å². The van der Waals surface area contributed by atoms with Crippen LogP contribution in [0.4, 0.5) is 0 Å². The molecule has 1 amide bonds. The first-order chi connectivity index (χ1) is 10.2. The Hall–Kier alpha value is -2.15. The number of carbonyl (C=O) groups is 2. The van der Waals surface area contributed by atoms with Crippen LogP contribution in [0.1, 0.15) is 36.2 Å². The molecule has 0 saturated heterocycles. The largest absolute Gasteiger partial charge is 0.481 e. The molecule has 0 bridgehead atoms. The standard InChI is InChI=1S/C14H16N2O4S/c17-13(18)6-2-1-3-7-15-14(19)10-9-11(20-16-10)12-5-4-8-21-12/h4-5,8-9H,1-3,6-7H2,(H,15,19)(H,17,18). The van der Waals surface area contributed by atoms with Crippen molar-refractivity contribution in [2.45, 2.75) is 25.7 Å². The maximum Gasteiger partial charge on any atom is 0.303 e. The molecule has 0 fully saturated rings. The molecule has 2 aromatic heterocycles. The molecule has 0 aliphatic carbocycles. The first-order valence-corrected chi connectivity index (χ1v) is 7.55. The number of amides is 1. The molecule has 0 atom stereocenters. The number of aliphatic carboxylic acids is 1. The Balaban J connectivity index is 1.73. The van der Waals surface area contributed by atoms with Crippen molar-refractivity contribution in [1.29, 1.82) is 0 Å². The maximum atomic E-state index is 11.8. The quantitative estimate of drug-likeness (QED) is 0.731. The fourth-order valence-electron chi connectivity index (χ4n) is 1.79. The molecule has 0 spiro atoms. The van der Waals surface area contributed by atoms with E-state index in [0.29, 0.717) is 18.7 Å². The van der Waals surface area contributed by atoms with Crippen molar-refractivity contribution in [3.63, 3.8) is 0 Å². The van der Waals surface area contributed by atoms with Crippen LogP contribution in [0.2, 0.25) is 0 Å². The van der Waals surface area contributed by atoms with E-state index in [1.165, 1.54) is 11.3 Å². The zero-order valence-electron chi connectivity index (χ0n) is 11.4. The van der Waals surface area contributed by atoms with Crippen LogP contribution in [0.5, 0.6) is 0 Å². The number of carbonyl (C=O) groups excluding carboxylic acids is 1. The highest BCUT2D eigenvalue weighted by atomic mass is 32.1. The molecule has 21 heavy (non-hydrogen) atoms. The summed E-state index contributed by atoms with van der Waals surface area (Å²) in [5.74, 6) is -0.487. The van der Waals surface area contributed by atoms with E-state index in [4.69, 9.17) is 9.63 Å². The zero-order chi connectivity index (χ0) is 15.1. The molecule has 0 aromatic carbocycles. The number of carboxylic acids is 1. The Morgan fingerprint density at radius 3 is 2.90 bits per heavy atom. The number of nitrogens with zero attached hydrogens (tertiary/aromatic N) is 1. The van der Waals surface area contributed by atoms with Gasteiger partial charge in [-0.05, 0) is 24.3 Å². The first-order valence-electron chi connectivity index (χ1n) is 6.67. The molecule has 2 aromatic rings. The fraction of sp³-hybridized carbons (Fsp3) is 0.357. The van der Waals surface area contributed by atoms with Crippen molar-refractivity contribution in [3.8, 4) is 10.6 Å². The highest BCUT2D eigenvalue weighted by Crippen LogP contribution is 2.24. The Labute approximate surface area is 125 Å². The van der Waals surface area contributed by atoms with Crippen LogP contribution < -0.4 is 5.32 Å². The first kappa shape index (κ1) is 15.2. The fourth-order valence-corrected chi connectivity index (χ4v) is 2.46. The number of unbranched alkanes of at least 4 members (excludes halogenated alkanes) is 2. The molecule has 0 unspecified atom stereocenters. The summed E-state index contributed by atoms with van der Waals surface area (Å²) in [5, 5.41) is 16.9. The topological polar surface area (TPSA) is 92.4 Å². The van der Waals surface area contributed by atoms with Gasteiger partial charge in [-0.15, -0.1) is 11.3 Å². The van der Waals surface area contributed by atoms with Crippen molar-refractivity contribution < 1.29 is 19.2 Å². The van der Waals surface area contributed by atoms with Crippen molar-refractivity contribution in [1.82, 2.24) is 10.5 Å². The highest BCUT2D eigenvalue weighted by Gasteiger charge is 2.13. The molecular formula is C14H16N2O4S. The Morgan fingerprint density at radius 2 is 2.19 bits per heavy atom. The summed E-state index contributed by atoms with van der Waals surface area (Å²) in [4.78, 5) is 23.1. The summed E-state index contributed by atoms with van der Waals surface area (Å²) in [6, 6.07) is 5.42. The number of thiophene rings is 1. The van der Waals surface area contributed by atoms with Crippen molar-refractivity contribution in [2.24, 2.45) is 0 Å². The van der Waals surface area contributed by atoms with E-state index < -0.39 is 5.97 Å². The number of hydrogen-bond donors (Lipinski definition) is 2. The van der Waals surface area contributed by atoms with Gasteiger partial charge in [-0.25, -0.2) is 0 Å². The van der Waals surface area contributed by atoms with Gasteiger partial charge in [-0.3, -0.25) is 9.59 Å². The molecule has 2 N–H and O–H groups in total. The lowest BCUT2D eigenvalue weighted by Crippen LogP contribution is -2.24. The normalized spacial score (nSPS) is 10.5. The van der Waals surface area contributed by atoms with Crippen LogP contribution in [0, 0.1) is 0 Å². The molecule has 7 heteroatoms. The van der Waals surface area contributed by atoms with Crippen LogP contribution in [-0.4, -0.2) is 28.7 Å². The minimum atomic E-state index is -0.789. The lowest BCUT2D eigenvalue weighted by molar-refractivity contribution is -0.137. The minimum absolute atomic E-state index is 0.168. The summed E-state index contributed by atoms with van der Waals surface area (Å²) < 4.78 is 5.14. The average molecular weight is 308 g/mol. The summed E-state index contributed by atoms with van der Waals surface area (Å²) in [6.45, 7) is 0.500. The molecular weight excluding hydrogens is 292 g/mol. The molecule has 2 rings (SSSR count). The average Bonchev–Trinajstić information content (AvgIpc) is 3.11. The number of nitrogens with one attached hydrogen (secondary N) is 1. The third kappa shape index (κ3) is 4.71. The SMILES string of the molecule is O=C(O)CCCCCNC(=O)c1cc(-c2cccs2)on1. The number of carboxylic acid groups (broad SMARTS) is 1. The smallest absolute Gasteiger partial charge is 0.303 e. The van der Waals surface area contributed by atoms with Gasteiger partial charge in [0, 0.05) is 19.0 Å². The minimum Gasteiger partial charge on any atom is -0.481 e. The number of rotatable bonds is 8. The van der Waals surface area contributed by atoms with Gasteiger partial charge in [0.15, 0.2) is 11.5 Å². The van der Waals surface area contributed by atoms with Gasteiger partial charge in [-0.1, -0.05) is 17.6 Å². The van der Waals surface area contributed by atoms with Crippen molar-refractivity contribution >= 4 is 23.2 Å². The summed E-state index contributed by atoms with van der Waals surface area (Å²) >= 11 is 1.52. The lowest BCUT2D eigenvalue weighted by atomic mass is 10.2. The van der Waals surface area contributed by atoms with Crippen LogP contribution in [0.15, 0.2) is 28.1 Å². The van der Waals surface area contributed by atoms with E-state index in [0.717, 1.165) is 17.7 Å². The van der Waals surface area contributed by atoms with E-state index in [1.54, 1.807) is 6.07 Å². The second-order valence-electron chi connectivity index (χ2n) is 4.51. The van der Waals surface area contributed by atoms with Gasteiger partial charge >= 0.3 is 5.97 Å². The van der Waals surface area contributed by atoms with Gasteiger partial charge in [0.05, 0.1) is 4.88 Å². The molecule has 0 aliphatic heterocycles. The predicted octanol–water partition coefficient (Wildman–Crippen LogP) is 2.78. The summed E-state index contributed by atoms with van der Waals surface area (Å²) in [7, 11) is 0. The Morgan fingerprint density at radius 1 is 1.33 bits per heavy atom. The van der Waals surface area contributed by atoms with E-state index >= 15 is 0 Å². The Bertz CT molecular complexity index is 592. The third-order valence-corrected chi connectivity index (χ3v) is 3.74. The van der Waals surface area contributed by atoms with Gasteiger partial charge in [-0.2, -0.15) is 0 Å². The third-order valence-electron chi connectivity index (χ3n) is 2.86. The van der Waals surface area contributed by atoms with Crippen LogP contribution in [0.3, 0.4) is 0 Å². The molecule has 0 radical (unpaired) electrons. The highest BCUT2D eigenvalue weighted by molar-refractivity contribution is 7.13. The van der Waals surface area contributed by atoms with Gasteiger partial charge in [0.2, 0.25) is 0 Å². The second-order valence-corrected chi connectivity index (χ2v) is 5.46. The van der Waals surface area contributed by atoms with Crippen LogP contribution >= 0.6 is 11.3 Å². The molecule has 0 aliphatic rings. The molecule has 0 saturated carbocycles. The maximum absolute atomic E-state index is 11.8. The predicted molar refractivity (Wildman–Crippen MR) is 78.3 cm³/mol. The zero-order valence-corrected chi connectivity index (χ0v) is 12.2. The van der Waals surface area contributed by atoms with Gasteiger partial charge in [0.1, 0.15) is 0 Å². The summed E-state index contributed by atoms with van der Waals surface area (Å²) in [6.07, 6.45) is 2.31. The summed E-state index contributed by atoms with van der Waals surface area (Å²) in [5.41, 5.74) is 0.254.